The van der Waals surface area contributed by atoms with Gasteiger partial charge >= 0.3 is 0 Å². The van der Waals surface area contributed by atoms with E-state index in [4.69, 9.17) is 11.6 Å². The second kappa shape index (κ2) is 10.2. The van der Waals surface area contributed by atoms with Crippen LogP contribution in [0.15, 0.2) is 108 Å². The highest BCUT2D eigenvalue weighted by Crippen LogP contribution is 2.41. The maximum Gasteiger partial charge on any atom is 0.242 e. The fourth-order valence-electron chi connectivity index (χ4n) is 4.41. The topological polar surface area (TPSA) is 58.2 Å². The smallest absolute Gasteiger partial charge is 0.242 e. The number of amides is 1. The first-order chi connectivity index (χ1) is 17.4. The van der Waals surface area contributed by atoms with Crippen molar-refractivity contribution in [3.8, 4) is 0 Å². The molecule has 1 fully saturated rings. The number of hydrogen-bond donors (Lipinski definition) is 2. The lowest BCUT2D eigenvalue weighted by atomic mass is 9.76. The van der Waals surface area contributed by atoms with Crippen LogP contribution < -0.4 is 10.6 Å². The normalized spacial score (nSPS) is 19.6. The van der Waals surface area contributed by atoms with Crippen molar-refractivity contribution in [1.82, 2.24) is 5.32 Å². The summed E-state index contributed by atoms with van der Waals surface area (Å²) in [6.45, 7) is 0. The van der Waals surface area contributed by atoms with Crippen LogP contribution in [0.3, 0.4) is 0 Å². The second-order valence-electron chi connectivity index (χ2n) is 8.54. The molecule has 2 atom stereocenters. The van der Waals surface area contributed by atoms with Gasteiger partial charge in [0.1, 0.15) is 11.1 Å². The number of carbonyl (C=O) groups excluding carboxylic acids is 2. The number of halogens is 2. The Labute approximate surface area is 217 Å². The summed E-state index contributed by atoms with van der Waals surface area (Å²) < 4.78 is 13.3. The third kappa shape index (κ3) is 4.87. The summed E-state index contributed by atoms with van der Waals surface area (Å²) in [6.07, 6.45) is 0.0882. The first kappa shape index (κ1) is 24.1. The number of carbonyl (C=O) groups is 2. The van der Waals surface area contributed by atoms with Gasteiger partial charge in [-0.1, -0.05) is 66.2 Å². The number of piperidine rings is 1. The average Bonchev–Trinajstić information content (AvgIpc) is 2.89. The lowest BCUT2D eigenvalue weighted by Gasteiger charge is -2.41. The summed E-state index contributed by atoms with van der Waals surface area (Å²) in [5.41, 5.74) is 2.02. The standard InChI is InChI=1S/C29H22ClFN2O2S/c30-24-11-4-5-12-26(24)36-27-25(34)18-29(33-28(27)35,19-7-2-1-3-8-19)20-9-6-10-23(17-20)32-22-15-13-21(31)14-16-22/h1-17,27,32H,18H2,(H,33,35). The fraction of sp³-hybridized carbons (Fsp3) is 0.103. The van der Waals surface area contributed by atoms with Crippen molar-refractivity contribution in [3.05, 3.63) is 125 Å². The molecule has 4 nitrogen and oxygen atoms in total. The highest BCUT2D eigenvalue weighted by Gasteiger charge is 2.47. The van der Waals surface area contributed by atoms with Crippen molar-refractivity contribution >= 4 is 46.4 Å². The van der Waals surface area contributed by atoms with E-state index in [9.17, 15) is 14.0 Å². The third-order valence-electron chi connectivity index (χ3n) is 6.14. The lowest BCUT2D eigenvalue weighted by Crippen LogP contribution is -2.58. The Bertz CT molecular complexity index is 1390. The number of Topliss-reactive ketones (excluding diaryl/α,β-unsaturated/α-hetero) is 1. The van der Waals surface area contributed by atoms with Crippen molar-refractivity contribution in [3.63, 3.8) is 0 Å². The number of anilines is 2. The molecule has 1 saturated heterocycles. The van der Waals surface area contributed by atoms with Crippen LogP contribution in [-0.4, -0.2) is 16.9 Å². The van der Waals surface area contributed by atoms with Crippen LogP contribution in [0.25, 0.3) is 0 Å². The molecule has 1 heterocycles. The van der Waals surface area contributed by atoms with E-state index in [1.54, 1.807) is 24.3 Å². The molecule has 0 aliphatic carbocycles. The molecule has 36 heavy (non-hydrogen) atoms. The van der Waals surface area contributed by atoms with Crippen LogP contribution in [0.4, 0.5) is 15.8 Å². The Morgan fingerprint density at radius 3 is 2.25 bits per heavy atom. The zero-order chi connectivity index (χ0) is 25.1. The first-order valence-electron chi connectivity index (χ1n) is 11.4. The van der Waals surface area contributed by atoms with E-state index in [0.29, 0.717) is 9.92 Å². The SMILES string of the molecule is O=C1CC(c2ccccc2)(c2cccc(Nc3ccc(F)cc3)c2)NC(=O)C1Sc1ccccc1Cl. The molecule has 5 rings (SSSR count). The van der Waals surface area contributed by atoms with E-state index in [2.05, 4.69) is 10.6 Å². The molecule has 0 bridgehead atoms. The van der Waals surface area contributed by atoms with Crippen molar-refractivity contribution in [2.45, 2.75) is 22.1 Å². The van der Waals surface area contributed by atoms with E-state index < -0.39 is 10.8 Å². The molecule has 1 aliphatic rings. The largest absolute Gasteiger partial charge is 0.356 e. The van der Waals surface area contributed by atoms with Gasteiger partial charge in [-0.25, -0.2) is 4.39 Å². The number of benzene rings is 4. The van der Waals surface area contributed by atoms with Gasteiger partial charge in [-0.05, 0) is 59.7 Å². The summed E-state index contributed by atoms with van der Waals surface area (Å²) in [4.78, 5) is 27.6. The van der Waals surface area contributed by atoms with Crippen LogP contribution in [0.2, 0.25) is 5.02 Å². The van der Waals surface area contributed by atoms with Crippen LogP contribution >= 0.6 is 23.4 Å². The molecule has 0 aromatic heterocycles. The zero-order valence-corrected chi connectivity index (χ0v) is 20.7. The summed E-state index contributed by atoms with van der Waals surface area (Å²) in [6, 6.07) is 30.3. The Morgan fingerprint density at radius 1 is 0.833 bits per heavy atom. The van der Waals surface area contributed by atoms with Gasteiger partial charge in [-0.15, -0.1) is 11.8 Å². The van der Waals surface area contributed by atoms with Gasteiger partial charge in [-0.3, -0.25) is 9.59 Å². The highest BCUT2D eigenvalue weighted by molar-refractivity contribution is 8.01. The van der Waals surface area contributed by atoms with E-state index in [1.165, 1.54) is 23.9 Å². The van der Waals surface area contributed by atoms with E-state index in [0.717, 1.165) is 22.5 Å². The highest BCUT2D eigenvalue weighted by atomic mass is 35.5. The van der Waals surface area contributed by atoms with Gasteiger partial charge in [0.05, 0.1) is 10.6 Å². The summed E-state index contributed by atoms with van der Waals surface area (Å²) in [7, 11) is 0. The minimum absolute atomic E-state index is 0.0882. The second-order valence-corrected chi connectivity index (χ2v) is 10.1. The summed E-state index contributed by atoms with van der Waals surface area (Å²) >= 11 is 7.46. The molecule has 4 aromatic rings. The summed E-state index contributed by atoms with van der Waals surface area (Å²) in [5.74, 6) is -0.855. The summed E-state index contributed by atoms with van der Waals surface area (Å²) in [5, 5.41) is 6.05. The predicted molar refractivity (Wildman–Crippen MR) is 142 cm³/mol. The maximum atomic E-state index is 13.5. The van der Waals surface area contributed by atoms with E-state index in [-0.39, 0.29) is 23.9 Å². The Kier molecular flexibility index (Phi) is 6.81. The van der Waals surface area contributed by atoms with Crippen LogP contribution in [0, 0.1) is 5.82 Å². The van der Waals surface area contributed by atoms with Gasteiger partial charge in [0, 0.05) is 22.7 Å². The van der Waals surface area contributed by atoms with Gasteiger partial charge in [-0.2, -0.15) is 0 Å². The number of ketones is 1. The van der Waals surface area contributed by atoms with Crippen molar-refractivity contribution < 1.29 is 14.0 Å². The number of rotatable bonds is 6. The molecule has 0 spiro atoms. The molecule has 2 N–H and O–H groups in total. The maximum absolute atomic E-state index is 13.5. The Morgan fingerprint density at radius 2 is 1.53 bits per heavy atom. The third-order valence-corrected chi connectivity index (χ3v) is 7.91. The molecule has 2 unspecified atom stereocenters. The monoisotopic (exact) mass is 516 g/mol. The molecule has 1 amide bonds. The average molecular weight is 517 g/mol. The predicted octanol–water partition coefficient (Wildman–Crippen LogP) is 6.72. The van der Waals surface area contributed by atoms with Crippen molar-refractivity contribution in [2.24, 2.45) is 0 Å². The van der Waals surface area contributed by atoms with E-state index in [1.807, 2.05) is 66.7 Å². The number of nitrogens with one attached hydrogen (secondary N) is 2. The minimum Gasteiger partial charge on any atom is -0.356 e. The minimum atomic E-state index is -1.03. The molecular weight excluding hydrogens is 495 g/mol. The first-order valence-corrected chi connectivity index (χ1v) is 12.6. The molecule has 1 aliphatic heterocycles. The zero-order valence-electron chi connectivity index (χ0n) is 19.1. The fourth-order valence-corrected chi connectivity index (χ4v) is 5.65. The molecule has 0 saturated carbocycles. The molecule has 4 aromatic carbocycles. The van der Waals surface area contributed by atoms with Gasteiger partial charge in [0.15, 0.2) is 5.78 Å². The van der Waals surface area contributed by atoms with E-state index >= 15 is 0 Å². The van der Waals surface area contributed by atoms with Crippen molar-refractivity contribution in [1.29, 1.82) is 0 Å². The number of hydrogen-bond acceptors (Lipinski definition) is 4. The molecule has 7 heteroatoms. The Hall–Kier alpha value is -3.61. The quantitative estimate of drug-likeness (QED) is 0.279. The molecule has 180 valence electrons. The molecular formula is C29H22ClFN2O2S. The van der Waals surface area contributed by atoms with Gasteiger partial charge in [0.2, 0.25) is 5.91 Å². The number of thioether (sulfide) groups is 1. The van der Waals surface area contributed by atoms with Crippen LogP contribution in [0.5, 0.6) is 0 Å². The molecule has 0 radical (unpaired) electrons. The van der Waals surface area contributed by atoms with Crippen molar-refractivity contribution in [2.75, 3.05) is 5.32 Å². The Balaban J connectivity index is 1.50. The van der Waals surface area contributed by atoms with Crippen LogP contribution in [-0.2, 0) is 15.1 Å². The van der Waals surface area contributed by atoms with Gasteiger partial charge < -0.3 is 10.6 Å². The lowest BCUT2D eigenvalue weighted by molar-refractivity contribution is -0.132. The van der Waals surface area contributed by atoms with Crippen LogP contribution in [0.1, 0.15) is 17.5 Å². The van der Waals surface area contributed by atoms with Gasteiger partial charge in [0.25, 0.3) is 0 Å².